The average Bonchev–Trinajstić information content (AvgIpc) is 2.78. The van der Waals surface area contributed by atoms with E-state index in [9.17, 15) is 0 Å². The minimum absolute atomic E-state index is 0.717. The number of thiophene rings is 1. The standard InChI is InChI=1S/C11H13BrN2S/c12-10-5-11(15-8-10)7-14-4-2-9(6-14)1-3-13/h2,4-6,8H,1,3,7,13H2. The van der Waals surface area contributed by atoms with E-state index in [-0.39, 0.29) is 0 Å². The Kier molecular flexibility index (Phi) is 3.61. The molecular weight excluding hydrogens is 272 g/mol. The minimum Gasteiger partial charge on any atom is -0.349 e. The van der Waals surface area contributed by atoms with Gasteiger partial charge in [-0.05, 0) is 46.6 Å². The zero-order chi connectivity index (χ0) is 10.7. The summed E-state index contributed by atoms with van der Waals surface area (Å²) in [7, 11) is 0. The Morgan fingerprint density at radius 3 is 3.00 bits per heavy atom. The number of hydrogen-bond donors (Lipinski definition) is 1. The van der Waals surface area contributed by atoms with E-state index in [0.29, 0.717) is 6.54 Å². The number of nitrogens with zero attached hydrogens (tertiary/aromatic N) is 1. The van der Waals surface area contributed by atoms with E-state index in [1.165, 1.54) is 10.4 Å². The highest BCUT2D eigenvalue weighted by Crippen LogP contribution is 2.20. The van der Waals surface area contributed by atoms with E-state index in [4.69, 9.17) is 5.73 Å². The maximum absolute atomic E-state index is 5.51. The van der Waals surface area contributed by atoms with Crippen molar-refractivity contribution in [2.24, 2.45) is 5.73 Å². The molecular formula is C11H13BrN2S. The second-order valence-corrected chi connectivity index (χ2v) is 5.37. The smallest absolute Gasteiger partial charge is 0.0564 e. The van der Waals surface area contributed by atoms with E-state index in [1.54, 1.807) is 11.3 Å². The molecule has 2 aromatic rings. The number of nitrogens with two attached hydrogens (primary N) is 1. The zero-order valence-electron chi connectivity index (χ0n) is 8.32. The van der Waals surface area contributed by atoms with Gasteiger partial charge in [-0.1, -0.05) is 0 Å². The molecule has 0 aliphatic rings. The van der Waals surface area contributed by atoms with Crippen LogP contribution in [0.1, 0.15) is 10.4 Å². The van der Waals surface area contributed by atoms with Crippen molar-refractivity contribution in [1.29, 1.82) is 0 Å². The van der Waals surface area contributed by atoms with Crippen LogP contribution >= 0.6 is 27.3 Å². The van der Waals surface area contributed by atoms with Gasteiger partial charge in [-0.25, -0.2) is 0 Å². The summed E-state index contributed by atoms with van der Waals surface area (Å²) < 4.78 is 3.36. The van der Waals surface area contributed by atoms with Crippen LogP contribution in [0.25, 0.3) is 0 Å². The maximum atomic E-state index is 5.51. The third-order valence-electron chi connectivity index (χ3n) is 2.20. The number of rotatable bonds is 4. The van der Waals surface area contributed by atoms with Crippen LogP contribution in [0, 0.1) is 0 Å². The fraction of sp³-hybridized carbons (Fsp3) is 0.273. The summed E-state index contributed by atoms with van der Waals surface area (Å²) in [6.07, 6.45) is 5.24. The van der Waals surface area contributed by atoms with E-state index in [0.717, 1.165) is 17.4 Å². The molecule has 0 amide bonds. The van der Waals surface area contributed by atoms with Crippen molar-refractivity contribution in [1.82, 2.24) is 4.57 Å². The molecule has 0 bridgehead atoms. The predicted molar refractivity (Wildman–Crippen MR) is 68.3 cm³/mol. The van der Waals surface area contributed by atoms with Gasteiger partial charge in [0.15, 0.2) is 0 Å². The molecule has 2 heterocycles. The highest BCUT2D eigenvalue weighted by Gasteiger charge is 2.00. The van der Waals surface area contributed by atoms with E-state index < -0.39 is 0 Å². The Bertz CT molecular complexity index is 433. The Balaban J connectivity index is 2.04. The second-order valence-electron chi connectivity index (χ2n) is 3.46. The lowest BCUT2D eigenvalue weighted by Crippen LogP contribution is -2.01. The fourth-order valence-electron chi connectivity index (χ4n) is 1.52. The van der Waals surface area contributed by atoms with E-state index >= 15 is 0 Å². The third-order valence-corrected chi connectivity index (χ3v) is 3.89. The molecule has 0 fully saturated rings. The average molecular weight is 285 g/mol. The van der Waals surface area contributed by atoms with Crippen LogP contribution < -0.4 is 5.73 Å². The van der Waals surface area contributed by atoms with E-state index in [2.05, 4.69) is 50.4 Å². The Labute approximate surface area is 102 Å². The first-order valence-electron chi connectivity index (χ1n) is 4.85. The van der Waals surface area contributed by atoms with Crippen molar-refractivity contribution in [3.8, 4) is 0 Å². The first-order chi connectivity index (χ1) is 7.28. The normalized spacial score (nSPS) is 10.8. The largest absolute Gasteiger partial charge is 0.349 e. The lowest BCUT2D eigenvalue weighted by atomic mass is 10.2. The van der Waals surface area contributed by atoms with Crippen LogP contribution in [0.5, 0.6) is 0 Å². The van der Waals surface area contributed by atoms with Gasteiger partial charge >= 0.3 is 0 Å². The lowest BCUT2D eigenvalue weighted by molar-refractivity contribution is 0.812. The summed E-state index contributed by atoms with van der Waals surface area (Å²) in [6, 6.07) is 4.29. The summed E-state index contributed by atoms with van der Waals surface area (Å²) in [4.78, 5) is 1.36. The molecule has 2 nitrogen and oxygen atoms in total. The highest BCUT2D eigenvalue weighted by atomic mass is 79.9. The molecule has 0 unspecified atom stereocenters. The van der Waals surface area contributed by atoms with Crippen molar-refractivity contribution in [3.05, 3.63) is 44.8 Å². The number of halogens is 1. The zero-order valence-corrected chi connectivity index (χ0v) is 10.7. The Morgan fingerprint density at radius 1 is 1.47 bits per heavy atom. The molecule has 0 aromatic carbocycles. The summed E-state index contributed by atoms with van der Waals surface area (Å²) in [5.74, 6) is 0. The molecule has 0 spiro atoms. The molecule has 2 rings (SSSR count). The van der Waals surface area contributed by atoms with Crippen molar-refractivity contribution >= 4 is 27.3 Å². The van der Waals surface area contributed by atoms with Crippen molar-refractivity contribution in [3.63, 3.8) is 0 Å². The highest BCUT2D eigenvalue weighted by molar-refractivity contribution is 9.10. The van der Waals surface area contributed by atoms with Crippen LogP contribution in [0.3, 0.4) is 0 Å². The molecule has 2 aromatic heterocycles. The Morgan fingerprint density at radius 2 is 2.33 bits per heavy atom. The van der Waals surface area contributed by atoms with Gasteiger partial charge in [0, 0.05) is 27.1 Å². The number of aromatic nitrogens is 1. The monoisotopic (exact) mass is 284 g/mol. The lowest BCUT2D eigenvalue weighted by Gasteiger charge is -1.98. The molecule has 0 saturated heterocycles. The molecule has 0 radical (unpaired) electrons. The van der Waals surface area contributed by atoms with Gasteiger partial charge in [0.25, 0.3) is 0 Å². The maximum Gasteiger partial charge on any atom is 0.0564 e. The number of hydrogen-bond acceptors (Lipinski definition) is 2. The van der Waals surface area contributed by atoms with Crippen LogP contribution in [-0.4, -0.2) is 11.1 Å². The molecule has 15 heavy (non-hydrogen) atoms. The van der Waals surface area contributed by atoms with Crippen molar-refractivity contribution in [2.75, 3.05) is 6.54 Å². The molecule has 80 valence electrons. The van der Waals surface area contributed by atoms with Gasteiger partial charge in [-0.15, -0.1) is 11.3 Å². The molecule has 0 saturated carbocycles. The van der Waals surface area contributed by atoms with Gasteiger partial charge in [0.05, 0.1) is 6.54 Å². The Hall–Kier alpha value is -0.580. The molecule has 2 N–H and O–H groups in total. The van der Waals surface area contributed by atoms with E-state index in [1.807, 2.05) is 0 Å². The fourth-order valence-corrected chi connectivity index (χ4v) is 2.98. The summed E-state index contributed by atoms with van der Waals surface area (Å²) >= 11 is 5.23. The molecule has 0 atom stereocenters. The first-order valence-corrected chi connectivity index (χ1v) is 6.53. The van der Waals surface area contributed by atoms with Crippen molar-refractivity contribution < 1.29 is 0 Å². The molecule has 0 aliphatic heterocycles. The summed E-state index contributed by atoms with van der Waals surface area (Å²) in [6.45, 7) is 1.66. The summed E-state index contributed by atoms with van der Waals surface area (Å²) in [5, 5.41) is 2.11. The van der Waals surface area contributed by atoms with Crippen LogP contribution in [0.4, 0.5) is 0 Å². The predicted octanol–water partition coefficient (Wildman–Crippen LogP) is 2.86. The van der Waals surface area contributed by atoms with Gasteiger partial charge in [-0.2, -0.15) is 0 Å². The van der Waals surface area contributed by atoms with Gasteiger partial charge in [0.1, 0.15) is 0 Å². The SMILES string of the molecule is NCCc1ccn(Cc2cc(Br)cs2)c1. The van der Waals surface area contributed by atoms with Gasteiger partial charge in [0.2, 0.25) is 0 Å². The quantitative estimate of drug-likeness (QED) is 0.920. The topological polar surface area (TPSA) is 30.9 Å². The van der Waals surface area contributed by atoms with Gasteiger partial charge in [-0.3, -0.25) is 0 Å². The molecule has 4 heteroatoms. The third kappa shape index (κ3) is 2.93. The molecule has 0 aliphatic carbocycles. The van der Waals surface area contributed by atoms with Crippen LogP contribution in [0.15, 0.2) is 34.4 Å². The van der Waals surface area contributed by atoms with Crippen molar-refractivity contribution in [2.45, 2.75) is 13.0 Å². The summed E-state index contributed by atoms with van der Waals surface area (Å²) in [5.41, 5.74) is 6.83. The van der Waals surface area contributed by atoms with Crippen LogP contribution in [0.2, 0.25) is 0 Å². The minimum atomic E-state index is 0.717. The van der Waals surface area contributed by atoms with Crippen LogP contribution in [-0.2, 0) is 13.0 Å². The first kappa shape index (κ1) is 10.9. The van der Waals surface area contributed by atoms with Gasteiger partial charge < -0.3 is 10.3 Å². The second kappa shape index (κ2) is 4.96.